The van der Waals surface area contributed by atoms with E-state index in [9.17, 15) is 4.79 Å². The van der Waals surface area contributed by atoms with Crippen LogP contribution in [0.4, 0.5) is 5.69 Å². The van der Waals surface area contributed by atoms with Crippen LogP contribution in [0.1, 0.15) is 22.8 Å². The molecule has 1 amide bonds. The Kier molecular flexibility index (Phi) is 6.30. The van der Waals surface area contributed by atoms with Crippen LogP contribution in [0.25, 0.3) is 0 Å². The smallest absolute Gasteiger partial charge is 0.255 e. The van der Waals surface area contributed by atoms with Gasteiger partial charge in [-0.25, -0.2) is 0 Å². The second-order valence-electron chi connectivity index (χ2n) is 5.02. The zero-order valence-electron chi connectivity index (χ0n) is 14.1. The quantitative estimate of drug-likeness (QED) is 0.686. The van der Waals surface area contributed by atoms with E-state index in [0.29, 0.717) is 22.8 Å². The summed E-state index contributed by atoms with van der Waals surface area (Å²) in [4.78, 5) is 12.6. The summed E-state index contributed by atoms with van der Waals surface area (Å²) in [5.41, 5.74) is 2.32. The summed E-state index contributed by atoms with van der Waals surface area (Å²) in [6, 6.07) is 9.20. The van der Waals surface area contributed by atoms with E-state index in [-0.39, 0.29) is 5.91 Å². The molecule has 1 N–H and O–H groups in total. The first-order valence-corrected chi connectivity index (χ1v) is 8.51. The lowest BCUT2D eigenvalue weighted by Crippen LogP contribution is -2.14. The largest absolute Gasteiger partial charge is 0.493 e. The first-order valence-electron chi connectivity index (χ1n) is 7.43. The van der Waals surface area contributed by atoms with Crippen molar-refractivity contribution in [3.63, 3.8) is 0 Å². The van der Waals surface area contributed by atoms with Gasteiger partial charge in [0.05, 0.1) is 21.3 Å². The van der Waals surface area contributed by atoms with Gasteiger partial charge in [-0.1, -0.05) is 6.92 Å². The molecule has 0 heterocycles. The minimum absolute atomic E-state index is 0.231. The summed E-state index contributed by atoms with van der Waals surface area (Å²) >= 11 is 2.26. The topological polar surface area (TPSA) is 56.8 Å². The number of amides is 1. The highest BCUT2D eigenvalue weighted by Gasteiger charge is 2.17. The van der Waals surface area contributed by atoms with E-state index < -0.39 is 0 Å². The Morgan fingerprint density at radius 3 is 2.17 bits per heavy atom. The molecule has 2 aromatic rings. The molecule has 0 radical (unpaired) electrons. The number of carbonyl (C=O) groups is 1. The highest BCUT2D eigenvalue weighted by atomic mass is 127. The fraction of sp³-hybridized carbons (Fsp3) is 0.278. The van der Waals surface area contributed by atoms with Crippen molar-refractivity contribution in [2.75, 3.05) is 26.6 Å². The average molecular weight is 441 g/mol. The van der Waals surface area contributed by atoms with Crippen molar-refractivity contribution in [1.29, 1.82) is 0 Å². The monoisotopic (exact) mass is 441 g/mol. The van der Waals surface area contributed by atoms with Gasteiger partial charge in [-0.05, 0) is 64.9 Å². The summed E-state index contributed by atoms with van der Waals surface area (Å²) in [6.07, 6.45) is 0.835. The van der Waals surface area contributed by atoms with Crippen molar-refractivity contribution < 1.29 is 19.0 Å². The molecule has 0 fully saturated rings. The highest BCUT2D eigenvalue weighted by molar-refractivity contribution is 14.1. The van der Waals surface area contributed by atoms with Crippen LogP contribution in [0, 0.1) is 3.57 Å². The molecule has 2 aromatic carbocycles. The number of anilines is 1. The SMILES string of the molecule is CCc1cc(I)ccc1NC(=O)c1cc(OC)c(OC)c(OC)c1. The van der Waals surface area contributed by atoms with Gasteiger partial charge in [0.25, 0.3) is 5.91 Å². The Labute approximate surface area is 155 Å². The number of hydrogen-bond donors (Lipinski definition) is 1. The number of methoxy groups -OCH3 is 3. The first kappa shape index (κ1) is 18.4. The number of halogens is 1. The Hall–Kier alpha value is -1.96. The number of carbonyl (C=O) groups excluding carboxylic acids is 1. The van der Waals surface area contributed by atoms with E-state index in [0.717, 1.165) is 21.2 Å². The van der Waals surface area contributed by atoms with Crippen molar-refractivity contribution in [3.8, 4) is 17.2 Å². The standard InChI is InChI=1S/C18H20INO4/c1-5-11-8-13(19)6-7-14(11)20-18(21)12-9-15(22-2)17(24-4)16(10-12)23-3/h6-10H,5H2,1-4H3,(H,20,21). The summed E-state index contributed by atoms with van der Waals surface area (Å²) in [5, 5.41) is 2.95. The minimum atomic E-state index is -0.231. The molecule has 0 unspecified atom stereocenters. The van der Waals surface area contributed by atoms with Crippen LogP contribution in [-0.2, 0) is 6.42 Å². The van der Waals surface area contributed by atoms with Gasteiger partial charge in [-0.15, -0.1) is 0 Å². The molecule has 0 spiro atoms. The van der Waals surface area contributed by atoms with E-state index in [4.69, 9.17) is 14.2 Å². The zero-order valence-corrected chi connectivity index (χ0v) is 16.3. The molecule has 0 saturated heterocycles. The lowest BCUT2D eigenvalue weighted by atomic mass is 10.1. The number of aryl methyl sites for hydroxylation is 1. The number of rotatable bonds is 6. The molecule has 0 aliphatic heterocycles. The van der Waals surface area contributed by atoms with Crippen molar-refractivity contribution >= 4 is 34.2 Å². The van der Waals surface area contributed by atoms with Crippen molar-refractivity contribution in [2.24, 2.45) is 0 Å². The van der Waals surface area contributed by atoms with Gasteiger partial charge in [-0.2, -0.15) is 0 Å². The fourth-order valence-corrected chi connectivity index (χ4v) is 2.94. The van der Waals surface area contributed by atoms with Crippen molar-refractivity contribution in [2.45, 2.75) is 13.3 Å². The Morgan fingerprint density at radius 2 is 1.67 bits per heavy atom. The van der Waals surface area contributed by atoms with Crippen LogP contribution in [0.15, 0.2) is 30.3 Å². The van der Waals surface area contributed by atoms with Crippen LogP contribution in [0.3, 0.4) is 0 Å². The normalized spacial score (nSPS) is 10.2. The highest BCUT2D eigenvalue weighted by Crippen LogP contribution is 2.38. The lowest BCUT2D eigenvalue weighted by Gasteiger charge is -2.15. The van der Waals surface area contributed by atoms with Crippen LogP contribution in [0.5, 0.6) is 17.2 Å². The second-order valence-corrected chi connectivity index (χ2v) is 6.27. The second kappa shape index (κ2) is 8.23. The van der Waals surface area contributed by atoms with Crippen LogP contribution in [-0.4, -0.2) is 27.2 Å². The van der Waals surface area contributed by atoms with E-state index >= 15 is 0 Å². The van der Waals surface area contributed by atoms with Crippen LogP contribution >= 0.6 is 22.6 Å². The molecule has 0 aliphatic rings. The predicted octanol–water partition coefficient (Wildman–Crippen LogP) is 4.13. The minimum Gasteiger partial charge on any atom is -0.493 e. The number of ether oxygens (including phenoxy) is 3. The fourth-order valence-electron chi connectivity index (χ4n) is 2.38. The summed E-state index contributed by atoms with van der Waals surface area (Å²) < 4.78 is 17.0. The molecular weight excluding hydrogens is 421 g/mol. The molecule has 0 saturated carbocycles. The Bertz CT molecular complexity index is 721. The predicted molar refractivity (Wildman–Crippen MR) is 103 cm³/mol. The van der Waals surface area contributed by atoms with Gasteiger partial charge in [0, 0.05) is 14.8 Å². The molecule has 0 aliphatic carbocycles. The zero-order chi connectivity index (χ0) is 17.7. The van der Waals surface area contributed by atoms with Crippen LogP contribution < -0.4 is 19.5 Å². The van der Waals surface area contributed by atoms with Gasteiger partial charge in [-0.3, -0.25) is 4.79 Å². The molecule has 0 bridgehead atoms. The van der Waals surface area contributed by atoms with Gasteiger partial charge >= 0.3 is 0 Å². The van der Waals surface area contributed by atoms with E-state index in [1.54, 1.807) is 12.1 Å². The maximum absolute atomic E-state index is 12.6. The Morgan fingerprint density at radius 1 is 1.04 bits per heavy atom. The molecule has 0 atom stereocenters. The molecular formula is C18H20INO4. The van der Waals surface area contributed by atoms with Crippen molar-refractivity contribution in [3.05, 3.63) is 45.0 Å². The third-order valence-electron chi connectivity index (χ3n) is 3.62. The van der Waals surface area contributed by atoms with Gasteiger partial charge in [0.1, 0.15) is 0 Å². The summed E-state index contributed by atoms with van der Waals surface area (Å²) in [6.45, 7) is 2.06. The lowest BCUT2D eigenvalue weighted by molar-refractivity contribution is 0.102. The van der Waals surface area contributed by atoms with Gasteiger partial charge in [0.2, 0.25) is 5.75 Å². The molecule has 24 heavy (non-hydrogen) atoms. The molecule has 128 valence electrons. The molecule has 5 nitrogen and oxygen atoms in total. The number of benzene rings is 2. The number of nitrogens with one attached hydrogen (secondary N) is 1. The first-order chi connectivity index (χ1) is 11.5. The van der Waals surface area contributed by atoms with Crippen LogP contribution in [0.2, 0.25) is 0 Å². The molecule has 0 aromatic heterocycles. The third-order valence-corrected chi connectivity index (χ3v) is 4.29. The molecule has 6 heteroatoms. The van der Waals surface area contributed by atoms with E-state index in [2.05, 4.69) is 40.9 Å². The van der Waals surface area contributed by atoms with E-state index in [1.807, 2.05) is 12.1 Å². The Balaban J connectivity index is 2.36. The van der Waals surface area contributed by atoms with Gasteiger partial charge in [0.15, 0.2) is 11.5 Å². The summed E-state index contributed by atoms with van der Waals surface area (Å²) in [5.74, 6) is 1.12. The number of hydrogen-bond acceptors (Lipinski definition) is 4. The molecule has 2 rings (SSSR count). The maximum Gasteiger partial charge on any atom is 0.255 e. The summed E-state index contributed by atoms with van der Waals surface area (Å²) in [7, 11) is 4.57. The maximum atomic E-state index is 12.6. The van der Waals surface area contributed by atoms with Crippen molar-refractivity contribution in [1.82, 2.24) is 0 Å². The average Bonchev–Trinajstić information content (AvgIpc) is 2.61. The van der Waals surface area contributed by atoms with Gasteiger partial charge < -0.3 is 19.5 Å². The third kappa shape index (κ3) is 3.92. The van der Waals surface area contributed by atoms with E-state index in [1.165, 1.54) is 21.3 Å².